The molecule has 0 unspecified atom stereocenters. The van der Waals surface area contributed by atoms with E-state index in [0.717, 1.165) is 23.5 Å². The van der Waals surface area contributed by atoms with Crippen LogP contribution in [0.25, 0.3) is 0 Å². The number of carbonyl (C=O) groups is 1. The van der Waals surface area contributed by atoms with E-state index in [1.807, 2.05) is 44.2 Å². The molecule has 4 rings (SSSR count). The predicted octanol–water partition coefficient (Wildman–Crippen LogP) is 4.05. The van der Waals surface area contributed by atoms with Crippen molar-refractivity contribution in [3.05, 3.63) is 74.6 Å². The second-order valence-corrected chi connectivity index (χ2v) is 10.5. The average Bonchev–Trinajstić information content (AvgIpc) is 3.18. The Hall–Kier alpha value is -2.35. The van der Waals surface area contributed by atoms with Crippen molar-refractivity contribution in [1.29, 1.82) is 0 Å². The van der Waals surface area contributed by atoms with Crippen LogP contribution >= 0.6 is 0 Å². The molecule has 0 radical (unpaired) electrons. The van der Waals surface area contributed by atoms with Gasteiger partial charge in [-0.1, -0.05) is 0 Å². The first-order valence-corrected chi connectivity index (χ1v) is 12.2. The van der Waals surface area contributed by atoms with Crippen LogP contribution < -0.4 is 13.5 Å². The van der Waals surface area contributed by atoms with E-state index in [2.05, 4.69) is 49.0 Å². The van der Waals surface area contributed by atoms with Crippen LogP contribution in [-0.2, 0) is 4.79 Å². The molecule has 29 heavy (non-hydrogen) atoms. The molecule has 0 saturated carbocycles. The van der Waals surface area contributed by atoms with Gasteiger partial charge in [-0.25, -0.2) is 0 Å². The Labute approximate surface area is 182 Å². The van der Waals surface area contributed by atoms with Crippen LogP contribution in [0.2, 0.25) is 0 Å². The summed E-state index contributed by atoms with van der Waals surface area (Å²) in [6.45, 7) is 11.4. The van der Waals surface area contributed by atoms with Gasteiger partial charge in [-0.15, -0.1) is 0 Å². The summed E-state index contributed by atoms with van der Waals surface area (Å²) in [6, 6.07) is 14.3. The summed E-state index contributed by atoms with van der Waals surface area (Å²) in [6.07, 6.45) is 2.22. The number of aryl methyl sites for hydroxylation is 2. The second kappa shape index (κ2) is 7.82. The fourth-order valence-corrected chi connectivity index (χ4v) is 7.48. The van der Waals surface area contributed by atoms with Crippen LogP contribution in [0.5, 0.6) is 0 Å². The van der Waals surface area contributed by atoms with E-state index in [4.69, 9.17) is 0 Å². The summed E-state index contributed by atoms with van der Waals surface area (Å²) in [5.74, 6) is -0.0473. The van der Waals surface area contributed by atoms with Gasteiger partial charge in [-0.05, 0) is 0 Å². The zero-order valence-electron chi connectivity index (χ0n) is 17.5. The van der Waals surface area contributed by atoms with Crippen LogP contribution in [0.15, 0.2) is 68.5 Å². The summed E-state index contributed by atoms with van der Waals surface area (Å²) in [4.78, 5) is 15.5. The fraction of sp³-hybridized carbons (Fsp3) is 0.250. The SMILES string of the molecule is CCN1C(=CC(C)=C2C(=O)N(c3ccccc3)N=C2C)[Te]c2cc(C)c(C)cc21. The third kappa shape index (κ3) is 3.54. The van der Waals surface area contributed by atoms with Crippen LogP contribution in [0, 0.1) is 13.8 Å². The van der Waals surface area contributed by atoms with Gasteiger partial charge in [0.25, 0.3) is 0 Å². The van der Waals surface area contributed by atoms with E-state index in [1.54, 1.807) is 0 Å². The number of benzene rings is 2. The number of carbonyl (C=O) groups excluding carboxylic acids is 1. The molecule has 0 atom stereocenters. The number of nitrogens with zero attached hydrogens (tertiary/aromatic N) is 3. The third-order valence-electron chi connectivity index (χ3n) is 5.42. The Balaban J connectivity index is 1.70. The first-order valence-electron chi connectivity index (χ1n) is 9.85. The van der Waals surface area contributed by atoms with Crippen LogP contribution in [-0.4, -0.2) is 39.1 Å². The maximum absolute atomic E-state index is 13.1. The Morgan fingerprint density at radius 3 is 2.48 bits per heavy atom. The number of rotatable bonds is 3. The number of anilines is 2. The van der Waals surface area contributed by atoms with Crippen LogP contribution in [0.3, 0.4) is 0 Å². The predicted molar refractivity (Wildman–Crippen MR) is 122 cm³/mol. The van der Waals surface area contributed by atoms with E-state index >= 15 is 0 Å². The molecule has 0 aromatic heterocycles. The van der Waals surface area contributed by atoms with Crippen LogP contribution in [0.4, 0.5) is 11.4 Å². The molecule has 148 valence electrons. The van der Waals surface area contributed by atoms with Crippen LogP contribution in [0.1, 0.15) is 31.9 Å². The molecular formula is C24H25N3OTe. The molecule has 0 saturated heterocycles. The summed E-state index contributed by atoms with van der Waals surface area (Å²) < 4.78 is 2.85. The molecule has 2 aliphatic rings. The summed E-state index contributed by atoms with van der Waals surface area (Å²) in [5.41, 5.74) is 7.32. The van der Waals surface area contributed by atoms with E-state index < -0.39 is 20.9 Å². The van der Waals surface area contributed by atoms with Crippen molar-refractivity contribution in [2.45, 2.75) is 34.6 Å². The zero-order valence-corrected chi connectivity index (χ0v) is 19.8. The molecule has 0 fully saturated rings. The number of amides is 1. The number of fused-ring (bicyclic) bond motifs is 1. The van der Waals surface area contributed by atoms with Crippen molar-refractivity contribution >= 4 is 47.5 Å². The summed E-state index contributed by atoms with van der Waals surface area (Å²) in [7, 11) is 0. The molecule has 0 aliphatic carbocycles. The number of hydrogen-bond donors (Lipinski definition) is 0. The normalized spacial score (nSPS) is 19.1. The number of allylic oxidation sites excluding steroid dienone is 2. The van der Waals surface area contributed by atoms with E-state index in [9.17, 15) is 4.79 Å². The maximum atomic E-state index is 13.1. The number of hydrazone groups is 1. The minimum atomic E-state index is -0.476. The standard InChI is InChI=1S/C24H25N3OTe/c1-6-26-20-12-15(2)16(3)13-21(20)29-22(26)14-17(4)23-18(5)25-27(24(23)28)19-10-8-7-9-11-19/h7-14H,6H2,1-5H3. The molecule has 2 aromatic carbocycles. The Kier molecular flexibility index (Phi) is 5.38. The molecule has 2 heterocycles. The zero-order chi connectivity index (χ0) is 20.7. The van der Waals surface area contributed by atoms with E-state index in [-0.39, 0.29) is 5.91 Å². The fourth-order valence-electron chi connectivity index (χ4n) is 3.75. The van der Waals surface area contributed by atoms with Crippen molar-refractivity contribution < 1.29 is 4.79 Å². The van der Waals surface area contributed by atoms with Gasteiger partial charge in [-0.3, -0.25) is 0 Å². The molecule has 4 nitrogen and oxygen atoms in total. The van der Waals surface area contributed by atoms with Gasteiger partial charge in [0.05, 0.1) is 0 Å². The van der Waals surface area contributed by atoms with E-state index in [0.29, 0.717) is 5.57 Å². The number of para-hydroxylation sites is 1. The van der Waals surface area contributed by atoms with Crippen molar-refractivity contribution in [2.75, 3.05) is 16.5 Å². The van der Waals surface area contributed by atoms with Gasteiger partial charge in [0, 0.05) is 0 Å². The molecule has 0 bridgehead atoms. The quantitative estimate of drug-likeness (QED) is 0.472. The van der Waals surface area contributed by atoms with Crippen molar-refractivity contribution in [1.82, 2.24) is 0 Å². The van der Waals surface area contributed by atoms with Crippen molar-refractivity contribution in [2.24, 2.45) is 5.10 Å². The number of hydrogen-bond acceptors (Lipinski definition) is 3. The Morgan fingerprint density at radius 2 is 1.79 bits per heavy atom. The Bertz CT molecular complexity index is 1080. The molecule has 1 amide bonds. The molecule has 0 spiro atoms. The minimum absolute atomic E-state index is 0.0473. The van der Waals surface area contributed by atoms with Crippen molar-refractivity contribution in [3.8, 4) is 0 Å². The van der Waals surface area contributed by atoms with Crippen molar-refractivity contribution in [3.63, 3.8) is 0 Å². The monoisotopic (exact) mass is 501 g/mol. The second-order valence-electron chi connectivity index (χ2n) is 7.43. The molecule has 2 aliphatic heterocycles. The van der Waals surface area contributed by atoms with E-state index in [1.165, 1.54) is 29.2 Å². The first-order chi connectivity index (χ1) is 13.9. The first kappa shape index (κ1) is 19.9. The molecule has 0 N–H and O–H groups in total. The van der Waals surface area contributed by atoms with Gasteiger partial charge < -0.3 is 0 Å². The Morgan fingerprint density at radius 1 is 1.10 bits per heavy atom. The molecular weight excluding hydrogens is 474 g/mol. The van der Waals surface area contributed by atoms with Gasteiger partial charge in [0.1, 0.15) is 0 Å². The average molecular weight is 499 g/mol. The third-order valence-corrected chi connectivity index (χ3v) is 8.54. The van der Waals surface area contributed by atoms with Gasteiger partial charge in [-0.2, -0.15) is 0 Å². The summed E-state index contributed by atoms with van der Waals surface area (Å²) in [5, 5.41) is 6.04. The topological polar surface area (TPSA) is 35.9 Å². The molecule has 5 heteroatoms. The molecule has 2 aromatic rings. The summed E-state index contributed by atoms with van der Waals surface area (Å²) >= 11 is -0.476. The van der Waals surface area contributed by atoms with Gasteiger partial charge in [0.2, 0.25) is 0 Å². The van der Waals surface area contributed by atoms with Gasteiger partial charge in [0.15, 0.2) is 0 Å². The van der Waals surface area contributed by atoms with Gasteiger partial charge >= 0.3 is 183 Å².